The lowest BCUT2D eigenvalue weighted by Crippen LogP contribution is -2.36. The number of phenols is 1. The Morgan fingerprint density at radius 3 is 2.64 bits per heavy atom. The predicted octanol–water partition coefficient (Wildman–Crippen LogP) is 3.19. The second kappa shape index (κ2) is 13.0. The molecule has 3 aromatic rings. The highest BCUT2D eigenvalue weighted by molar-refractivity contribution is 5.95. The molecule has 206 valence electrons. The molecule has 0 atom stereocenters. The Labute approximate surface area is 227 Å². The van der Waals surface area contributed by atoms with E-state index in [1.807, 2.05) is 17.7 Å². The maximum Gasteiger partial charge on any atom is 0.251 e. The fourth-order valence-electron chi connectivity index (χ4n) is 4.64. The van der Waals surface area contributed by atoms with E-state index < -0.39 is 5.82 Å². The van der Waals surface area contributed by atoms with Crippen LogP contribution in [0, 0.1) is 12.7 Å². The van der Waals surface area contributed by atoms with Crippen molar-refractivity contribution in [1.29, 1.82) is 0 Å². The third kappa shape index (κ3) is 7.43. The fraction of sp³-hybridized carbons (Fsp3) is 0.379. The molecule has 0 saturated heterocycles. The Morgan fingerprint density at radius 1 is 1.03 bits per heavy atom. The molecule has 1 aliphatic heterocycles. The predicted molar refractivity (Wildman–Crippen MR) is 145 cm³/mol. The Bertz CT molecular complexity index is 1340. The van der Waals surface area contributed by atoms with Gasteiger partial charge in [0.15, 0.2) is 0 Å². The molecule has 2 heterocycles. The minimum absolute atomic E-state index is 0.0250. The molecule has 1 aromatic heterocycles. The van der Waals surface area contributed by atoms with E-state index in [1.165, 1.54) is 24.3 Å². The van der Waals surface area contributed by atoms with E-state index in [2.05, 4.69) is 15.6 Å². The highest BCUT2D eigenvalue weighted by atomic mass is 19.1. The van der Waals surface area contributed by atoms with E-state index in [-0.39, 0.29) is 46.6 Å². The molecule has 39 heavy (non-hydrogen) atoms. The number of hydrogen-bond donors (Lipinski definition) is 3. The summed E-state index contributed by atoms with van der Waals surface area (Å²) >= 11 is 0. The molecule has 2 aromatic carbocycles. The Balaban J connectivity index is 1.49. The summed E-state index contributed by atoms with van der Waals surface area (Å²) in [6.45, 7) is 3.96. The molecule has 3 N–H and O–H groups in total. The number of hydrogen-bond acceptors (Lipinski definition) is 5. The quantitative estimate of drug-likeness (QED) is 0.476. The zero-order valence-corrected chi connectivity index (χ0v) is 22.1. The standard InChI is InChI=1S/C29H34FN5O4/c1-20-31-13-17-34(20)16-10-28(38)35-14-2-4-27(37)32-12-9-21-5-8-26(36)24(18-21)23-19-22(6-7-25(23)30)29(39)33-11-3-15-35/h5-8,13,17-19,36H,2-4,9-12,14-16H2,1H3,(H,32,37)(H,33,39). The zero-order valence-electron chi connectivity index (χ0n) is 22.1. The van der Waals surface area contributed by atoms with E-state index in [4.69, 9.17) is 0 Å². The first-order valence-electron chi connectivity index (χ1n) is 13.2. The van der Waals surface area contributed by atoms with Crippen LogP contribution in [0.4, 0.5) is 4.39 Å². The third-order valence-electron chi connectivity index (χ3n) is 6.88. The molecule has 1 aliphatic rings. The van der Waals surface area contributed by atoms with Crippen LogP contribution in [0.15, 0.2) is 48.8 Å². The summed E-state index contributed by atoms with van der Waals surface area (Å²) in [5.41, 5.74) is 1.47. The van der Waals surface area contributed by atoms with Crippen molar-refractivity contribution in [3.63, 3.8) is 0 Å². The molecule has 0 saturated carbocycles. The third-order valence-corrected chi connectivity index (χ3v) is 6.88. The van der Waals surface area contributed by atoms with Gasteiger partial charge in [-0.1, -0.05) is 6.07 Å². The van der Waals surface area contributed by atoms with Crippen LogP contribution in [0.1, 0.15) is 47.4 Å². The van der Waals surface area contributed by atoms with Gasteiger partial charge in [-0.3, -0.25) is 14.4 Å². The number of aryl methyl sites for hydroxylation is 2. The van der Waals surface area contributed by atoms with Crippen molar-refractivity contribution < 1.29 is 23.9 Å². The molecule has 0 spiro atoms. The molecule has 4 bridgehead atoms. The van der Waals surface area contributed by atoms with Crippen LogP contribution in [-0.2, 0) is 22.6 Å². The Kier molecular flexibility index (Phi) is 9.30. The van der Waals surface area contributed by atoms with Crippen LogP contribution in [0.2, 0.25) is 0 Å². The highest BCUT2D eigenvalue weighted by Crippen LogP contribution is 2.33. The zero-order chi connectivity index (χ0) is 27.8. The first kappa shape index (κ1) is 27.8. The molecule has 0 aliphatic carbocycles. The number of benzene rings is 2. The molecular weight excluding hydrogens is 501 g/mol. The number of phenolic OH excluding ortho intramolecular Hbond substituents is 1. The van der Waals surface area contributed by atoms with Crippen LogP contribution >= 0.6 is 0 Å². The fourth-order valence-corrected chi connectivity index (χ4v) is 4.64. The van der Waals surface area contributed by atoms with Gasteiger partial charge in [0, 0.05) is 74.6 Å². The average Bonchev–Trinajstić information content (AvgIpc) is 3.33. The molecular formula is C29H34FN5O4. The van der Waals surface area contributed by atoms with E-state index in [0.717, 1.165) is 11.4 Å². The first-order valence-corrected chi connectivity index (χ1v) is 13.2. The number of amides is 3. The van der Waals surface area contributed by atoms with Gasteiger partial charge in [0.05, 0.1) is 0 Å². The summed E-state index contributed by atoms with van der Waals surface area (Å²) in [4.78, 5) is 44.2. The largest absolute Gasteiger partial charge is 0.507 e. The van der Waals surface area contributed by atoms with Crippen molar-refractivity contribution in [3.8, 4) is 16.9 Å². The number of imidazole rings is 1. The van der Waals surface area contributed by atoms with Gasteiger partial charge in [0.1, 0.15) is 17.4 Å². The number of fused-ring (bicyclic) bond motifs is 5. The van der Waals surface area contributed by atoms with Gasteiger partial charge in [-0.15, -0.1) is 0 Å². The summed E-state index contributed by atoms with van der Waals surface area (Å²) in [5, 5.41) is 16.1. The SMILES string of the molecule is Cc1nccn1CCC(=O)N1CCCNC(=O)c2ccc(F)c(c2)-c2cc(ccc2O)CCNC(=O)CCC1. The smallest absolute Gasteiger partial charge is 0.251 e. The number of nitrogens with one attached hydrogen (secondary N) is 2. The van der Waals surface area contributed by atoms with E-state index in [9.17, 15) is 23.9 Å². The molecule has 3 amide bonds. The van der Waals surface area contributed by atoms with E-state index >= 15 is 0 Å². The van der Waals surface area contributed by atoms with Crippen LogP contribution in [0.3, 0.4) is 0 Å². The Hall–Kier alpha value is -4.21. The van der Waals surface area contributed by atoms with Crippen molar-refractivity contribution in [2.24, 2.45) is 0 Å². The highest BCUT2D eigenvalue weighted by Gasteiger charge is 2.17. The normalized spacial score (nSPS) is 15.5. The monoisotopic (exact) mass is 535 g/mol. The van der Waals surface area contributed by atoms with E-state index in [0.29, 0.717) is 58.4 Å². The van der Waals surface area contributed by atoms with Crippen molar-refractivity contribution >= 4 is 17.7 Å². The summed E-state index contributed by atoms with van der Waals surface area (Å²) in [6, 6.07) is 8.91. The molecule has 0 radical (unpaired) electrons. The number of aromatic nitrogens is 2. The lowest BCUT2D eigenvalue weighted by molar-refractivity contribution is -0.132. The second-order valence-electron chi connectivity index (χ2n) is 9.66. The van der Waals surface area contributed by atoms with Gasteiger partial charge in [-0.05, 0) is 62.1 Å². The van der Waals surface area contributed by atoms with Crippen LogP contribution in [-0.4, -0.2) is 63.5 Å². The molecule has 0 unspecified atom stereocenters. The van der Waals surface area contributed by atoms with Crippen molar-refractivity contribution in [2.45, 2.75) is 45.6 Å². The molecule has 9 nitrogen and oxygen atoms in total. The Morgan fingerprint density at radius 2 is 1.85 bits per heavy atom. The van der Waals surface area contributed by atoms with Crippen LogP contribution < -0.4 is 10.6 Å². The van der Waals surface area contributed by atoms with Gasteiger partial charge in [-0.2, -0.15) is 0 Å². The number of halogens is 1. The van der Waals surface area contributed by atoms with Gasteiger partial charge in [-0.25, -0.2) is 9.37 Å². The summed E-state index contributed by atoms with van der Waals surface area (Å²) in [7, 11) is 0. The minimum Gasteiger partial charge on any atom is -0.507 e. The van der Waals surface area contributed by atoms with Gasteiger partial charge in [0.25, 0.3) is 5.91 Å². The maximum atomic E-state index is 14.7. The lowest BCUT2D eigenvalue weighted by atomic mass is 9.98. The van der Waals surface area contributed by atoms with Gasteiger partial charge in [0.2, 0.25) is 11.8 Å². The summed E-state index contributed by atoms with van der Waals surface area (Å²) < 4.78 is 16.7. The lowest BCUT2D eigenvalue weighted by Gasteiger charge is -2.23. The second-order valence-corrected chi connectivity index (χ2v) is 9.66. The number of aromatic hydroxyl groups is 1. The van der Waals surface area contributed by atoms with Crippen LogP contribution in [0.25, 0.3) is 11.1 Å². The topological polar surface area (TPSA) is 117 Å². The van der Waals surface area contributed by atoms with Crippen molar-refractivity contribution in [2.75, 3.05) is 26.2 Å². The number of carbonyl (C=O) groups excluding carboxylic acids is 3. The first-order chi connectivity index (χ1) is 18.8. The minimum atomic E-state index is -0.557. The van der Waals surface area contributed by atoms with Crippen LogP contribution in [0.5, 0.6) is 5.75 Å². The average molecular weight is 536 g/mol. The molecule has 4 rings (SSSR count). The number of carbonyl (C=O) groups is 3. The van der Waals surface area contributed by atoms with Crippen molar-refractivity contribution in [1.82, 2.24) is 25.1 Å². The molecule has 10 heteroatoms. The number of nitrogens with zero attached hydrogens (tertiary/aromatic N) is 3. The maximum absolute atomic E-state index is 14.7. The van der Waals surface area contributed by atoms with Crippen molar-refractivity contribution in [3.05, 3.63) is 71.6 Å². The van der Waals surface area contributed by atoms with Gasteiger partial charge < -0.3 is 25.2 Å². The summed E-state index contributed by atoms with van der Waals surface area (Å²) in [6.07, 6.45) is 5.64. The molecule has 0 fully saturated rings. The van der Waals surface area contributed by atoms with Gasteiger partial charge >= 0.3 is 0 Å². The van der Waals surface area contributed by atoms with E-state index in [1.54, 1.807) is 23.2 Å². The number of rotatable bonds is 3. The summed E-state index contributed by atoms with van der Waals surface area (Å²) in [5.74, 6) is -0.324.